The van der Waals surface area contributed by atoms with Gasteiger partial charge in [0.15, 0.2) is 0 Å². The van der Waals surface area contributed by atoms with Gasteiger partial charge in [-0.3, -0.25) is 4.90 Å². The highest BCUT2D eigenvalue weighted by Gasteiger charge is 2.35. The Morgan fingerprint density at radius 2 is 2.20 bits per heavy atom. The molecule has 2 heterocycles. The van der Waals surface area contributed by atoms with Gasteiger partial charge in [-0.2, -0.15) is 0 Å². The summed E-state index contributed by atoms with van der Waals surface area (Å²) >= 11 is 0. The molecule has 3 rings (SSSR count). The normalized spacial score (nSPS) is 39.5. The van der Waals surface area contributed by atoms with Gasteiger partial charge in [-0.15, -0.1) is 0 Å². The van der Waals surface area contributed by atoms with Crippen molar-refractivity contribution in [2.45, 2.75) is 57.2 Å². The summed E-state index contributed by atoms with van der Waals surface area (Å²) in [6, 6.07) is 1.49. The van der Waals surface area contributed by atoms with Crippen molar-refractivity contribution in [3.8, 4) is 0 Å². The van der Waals surface area contributed by atoms with Crippen LogP contribution in [0.15, 0.2) is 0 Å². The molecule has 1 saturated carbocycles. The van der Waals surface area contributed by atoms with E-state index in [-0.39, 0.29) is 0 Å². The van der Waals surface area contributed by atoms with E-state index in [1.807, 2.05) is 0 Å². The van der Waals surface area contributed by atoms with Crippen LogP contribution in [0.4, 0.5) is 0 Å². The molecule has 2 aliphatic heterocycles. The molecule has 4 unspecified atom stereocenters. The first-order valence-electron chi connectivity index (χ1n) is 8.67. The van der Waals surface area contributed by atoms with Crippen LogP contribution in [0.25, 0.3) is 0 Å². The van der Waals surface area contributed by atoms with E-state index in [1.54, 1.807) is 0 Å². The molecule has 1 aliphatic carbocycles. The van der Waals surface area contributed by atoms with Crippen LogP contribution < -0.4 is 10.6 Å². The summed E-state index contributed by atoms with van der Waals surface area (Å²) in [5.41, 5.74) is 0. The molecule has 4 nitrogen and oxygen atoms in total. The van der Waals surface area contributed by atoms with Crippen molar-refractivity contribution in [3.63, 3.8) is 0 Å². The Hall–Kier alpha value is -0.160. The molecular formula is C16H31N3O. The van der Waals surface area contributed by atoms with E-state index in [0.29, 0.717) is 12.1 Å². The second-order valence-electron chi connectivity index (χ2n) is 6.70. The smallest absolute Gasteiger partial charge is 0.0826 e. The Balaban J connectivity index is 1.45. The van der Waals surface area contributed by atoms with Crippen LogP contribution >= 0.6 is 0 Å². The first-order chi connectivity index (χ1) is 9.86. The van der Waals surface area contributed by atoms with Gasteiger partial charge >= 0.3 is 0 Å². The number of morpholine rings is 1. The molecule has 3 aliphatic rings. The molecule has 116 valence electrons. The summed E-state index contributed by atoms with van der Waals surface area (Å²) in [7, 11) is 0. The molecule has 20 heavy (non-hydrogen) atoms. The van der Waals surface area contributed by atoms with Gasteiger partial charge in [0.1, 0.15) is 0 Å². The number of nitrogens with zero attached hydrogens (tertiary/aromatic N) is 1. The quantitative estimate of drug-likeness (QED) is 0.794. The van der Waals surface area contributed by atoms with Crippen LogP contribution in [0.2, 0.25) is 0 Å². The monoisotopic (exact) mass is 281 g/mol. The van der Waals surface area contributed by atoms with Gasteiger partial charge in [0.2, 0.25) is 0 Å². The van der Waals surface area contributed by atoms with Crippen LogP contribution in [0.5, 0.6) is 0 Å². The number of hydrogen-bond acceptors (Lipinski definition) is 4. The van der Waals surface area contributed by atoms with Crippen LogP contribution in [0.3, 0.4) is 0 Å². The first kappa shape index (κ1) is 14.8. The van der Waals surface area contributed by atoms with E-state index in [0.717, 1.165) is 44.7 Å². The van der Waals surface area contributed by atoms with Gasteiger partial charge in [-0.05, 0) is 44.7 Å². The fraction of sp³-hybridized carbons (Fsp3) is 1.00. The largest absolute Gasteiger partial charge is 0.374 e. The van der Waals surface area contributed by atoms with E-state index >= 15 is 0 Å². The zero-order valence-electron chi connectivity index (χ0n) is 12.9. The highest BCUT2D eigenvalue weighted by molar-refractivity contribution is 4.93. The van der Waals surface area contributed by atoms with E-state index in [1.165, 1.54) is 38.6 Å². The molecule has 0 spiro atoms. The number of hydrogen-bond donors (Lipinski definition) is 2. The van der Waals surface area contributed by atoms with Gasteiger partial charge in [-0.1, -0.05) is 13.3 Å². The minimum Gasteiger partial charge on any atom is -0.374 e. The maximum absolute atomic E-state index is 5.91. The van der Waals surface area contributed by atoms with Crippen molar-refractivity contribution in [2.24, 2.45) is 5.92 Å². The molecule has 0 bridgehead atoms. The number of ether oxygens (including phenoxy) is 1. The minimum atomic E-state index is 0.390. The third-order valence-corrected chi connectivity index (χ3v) is 5.46. The van der Waals surface area contributed by atoms with Crippen LogP contribution in [0.1, 0.15) is 39.0 Å². The fourth-order valence-corrected chi connectivity index (χ4v) is 4.27. The Kier molecular flexibility index (Phi) is 5.32. The fourth-order valence-electron chi connectivity index (χ4n) is 4.27. The predicted molar refractivity (Wildman–Crippen MR) is 82.0 cm³/mol. The van der Waals surface area contributed by atoms with E-state index < -0.39 is 0 Å². The number of rotatable bonds is 5. The van der Waals surface area contributed by atoms with Gasteiger partial charge in [-0.25, -0.2) is 0 Å². The number of nitrogens with one attached hydrogen (secondary N) is 2. The lowest BCUT2D eigenvalue weighted by Gasteiger charge is -2.34. The lowest BCUT2D eigenvalue weighted by molar-refractivity contribution is -0.0269. The van der Waals surface area contributed by atoms with Crippen molar-refractivity contribution in [1.29, 1.82) is 0 Å². The maximum atomic E-state index is 5.91. The summed E-state index contributed by atoms with van der Waals surface area (Å²) in [6.07, 6.45) is 7.29. The predicted octanol–water partition coefficient (Wildman–Crippen LogP) is 1.22. The number of likely N-dealkylation sites (N-methyl/N-ethyl adjacent to an activating group) is 1. The molecule has 0 aromatic carbocycles. The van der Waals surface area contributed by atoms with Gasteiger partial charge in [0, 0.05) is 31.7 Å². The van der Waals surface area contributed by atoms with Crippen molar-refractivity contribution >= 4 is 0 Å². The molecular weight excluding hydrogens is 250 g/mol. The molecule has 4 heteroatoms. The second-order valence-corrected chi connectivity index (χ2v) is 6.70. The average molecular weight is 281 g/mol. The highest BCUT2D eigenvalue weighted by Crippen LogP contribution is 2.31. The molecule has 4 atom stereocenters. The van der Waals surface area contributed by atoms with Crippen molar-refractivity contribution in [1.82, 2.24) is 15.5 Å². The highest BCUT2D eigenvalue weighted by atomic mass is 16.5. The molecule has 0 amide bonds. The summed E-state index contributed by atoms with van der Waals surface area (Å²) in [6.45, 7) is 8.76. The molecule has 2 N–H and O–H groups in total. The lowest BCUT2D eigenvalue weighted by Crippen LogP contribution is -2.50. The SMILES string of the molecule is CCN1CCOC(CNC2CCCC2C2CCCN2)C1. The molecule has 0 radical (unpaired) electrons. The standard InChI is InChI=1S/C16H31N3O/c1-2-19-9-10-20-13(12-19)11-18-16-6-3-5-14(16)15-7-4-8-17-15/h13-18H,2-12H2,1H3. The molecule has 3 fully saturated rings. The van der Waals surface area contributed by atoms with Crippen molar-refractivity contribution in [3.05, 3.63) is 0 Å². The van der Waals surface area contributed by atoms with Gasteiger partial charge < -0.3 is 15.4 Å². The average Bonchev–Trinajstić information content (AvgIpc) is 3.16. The summed E-state index contributed by atoms with van der Waals surface area (Å²) in [4.78, 5) is 2.50. The third kappa shape index (κ3) is 3.53. The van der Waals surface area contributed by atoms with Crippen molar-refractivity contribution in [2.75, 3.05) is 39.3 Å². The first-order valence-corrected chi connectivity index (χ1v) is 8.67. The van der Waals surface area contributed by atoms with Crippen LogP contribution in [-0.4, -0.2) is 62.4 Å². The summed E-state index contributed by atoms with van der Waals surface area (Å²) in [5.74, 6) is 0.850. The third-order valence-electron chi connectivity index (χ3n) is 5.46. The van der Waals surface area contributed by atoms with Crippen LogP contribution in [0, 0.1) is 5.92 Å². The van der Waals surface area contributed by atoms with E-state index in [2.05, 4.69) is 22.5 Å². The minimum absolute atomic E-state index is 0.390. The zero-order chi connectivity index (χ0) is 13.8. The topological polar surface area (TPSA) is 36.5 Å². The Labute approximate surface area is 123 Å². The molecule has 0 aromatic heterocycles. The Morgan fingerprint density at radius 1 is 1.25 bits per heavy atom. The van der Waals surface area contributed by atoms with Crippen molar-refractivity contribution < 1.29 is 4.74 Å². The van der Waals surface area contributed by atoms with E-state index in [4.69, 9.17) is 4.74 Å². The molecule has 0 aromatic rings. The van der Waals surface area contributed by atoms with E-state index in [9.17, 15) is 0 Å². The Morgan fingerprint density at radius 3 is 3.00 bits per heavy atom. The summed E-state index contributed by atoms with van der Waals surface area (Å²) in [5, 5.41) is 7.53. The lowest BCUT2D eigenvalue weighted by atomic mass is 9.93. The van der Waals surface area contributed by atoms with Gasteiger partial charge in [0.25, 0.3) is 0 Å². The summed E-state index contributed by atoms with van der Waals surface area (Å²) < 4.78 is 5.91. The molecule has 2 saturated heterocycles. The van der Waals surface area contributed by atoms with Gasteiger partial charge in [0.05, 0.1) is 12.7 Å². The maximum Gasteiger partial charge on any atom is 0.0826 e. The Bertz CT molecular complexity index is 293. The second kappa shape index (κ2) is 7.21. The van der Waals surface area contributed by atoms with Crippen LogP contribution in [-0.2, 0) is 4.74 Å². The zero-order valence-corrected chi connectivity index (χ0v) is 12.9.